The summed E-state index contributed by atoms with van der Waals surface area (Å²) in [7, 11) is 0. The number of nitrogens with zero attached hydrogens (tertiary/aromatic N) is 2. The average Bonchev–Trinajstić information content (AvgIpc) is 2.83. The van der Waals surface area contributed by atoms with Gasteiger partial charge in [-0.25, -0.2) is 4.98 Å². The first-order valence-corrected chi connectivity index (χ1v) is 6.41. The monoisotopic (exact) mass is 298 g/mol. The summed E-state index contributed by atoms with van der Waals surface area (Å²) in [5.41, 5.74) is 0.426. The Morgan fingerprint density at radius 2 is 2.11 bits per heavy atom. The van der Waals surface area contributed by atoms with Crippen molar-refractivity contribution in [2.45, 2.75) is 19.8 Å². The maximum Gasteiger partial charge on any atom is 0.295 e. The number of aromatic nitrogens is 3. The molecule has 0 atom stereocenters. The molecular weight excluding hydrogens is 287 g/mol. The lowest BCUT2D eigenvalue weighted by molar-refractivity contribution is 0.101. The van der Waals surface area contributed by atoms with Crippen molar-refractivity contribution < 1.29 is 4.79 Å². The Labute approximate surface area is 120 Å². The number of nitrogens with one attached hydrogen (secondary N) is 2. The first-order chi connectivity index (χ1) is 8.97. The highest BCUT2D eigenvalue weighted by Crippen LogP contribution is 2.25. The third-order valence-electron chi connectivity index (χ3n) is 2.43. The largest absolute Gasteiger partial charge is 0.318 e. The topological polar surface area (TPSA) is 70.7 Å². The Balaban J connectivity index is 2.18. The van der Waals surface area contributed by atoms with Gasteiger partial charge < -0.3 is 5.32 Å². The van der Waals surface area contributed by atoms with Crippen LogP contribution in [0.1, 0.15) is 36.2 Å². The van der Waals surface area contributed by atoms with Gasteiger partial charge in [0.2, 0.25) is 5.82 Å². The van der Waals surface area contributed by atoms with Crippen LogP contribution in [0, 0.1) is 0 Å². The summed E-state index contributed by atoms with van der Waals surface area (Å²) in [6, 6.07) is 4.82. The summed E-state index contributed by atoms with van der Waals surface area (Å²) in [5, 5.41) is 10.1. The van der Waals surface area contributed by atoms with E-state index in [1.54, 1.807) is 18.2 Å². The number of benzene rings is 1. The van der Waals surface area contributed by atoms with Crippen LogP contribution in [0.3, 0.4) is 0 Å². The van der Waals surface area contributed by atoms with Gasteiger partial charge in [0.05, 0.1) is 10.7 Å². The zero-order chi connectivity index (χ0) is 14.0. The van der Waals surface area contributed by atoms with E-state index in [4.69, 9.17) is 23.2 Å². The molecule has 1 amide bonds. The smallest absolute Gasteiger partial charge is 0.295 e. The molecule has 2 rings (SSSR count). The van der Waals surface area contributed by atoms with E-state index in [-0.39, 0.29) is 11.7 Å². The molecule has 1 aromatic carbocycles. The molecule has 0 aliphatic carbocycles. The van der Waals surface area contributed by atoms with Gasteiger partial charge in [0.25, 0.3) is 5.91 Å². The molecule has 1 heterocycles. The first kappa shape index (κ1) is 13.8. The zero-order valence-corrected chi connectivity index (χ0v) is 11.9. The van der Waals surface area contributed by atoms with Crippen LogP contribution in [-0.2, 0) is 0 Å². The average molecular weight is 299 g/mol. The van der Waals surface area contributed by atoms with E-state index in [2.05, 4.69) is 20.5 Å². The predicted molar refractivity (Wildman–Crippen MR) is 74.9 cm³/mol. The van der Waals surface area contributed by atoms with Crippen LogP contribution in [0.5, 0.6) is 0 Å². The number of amides is 1. The summed E-state index contributed by atoms with van der Waals surface area (Å²) in [5.74, 6) is 0.457. The summed E-state index contributed by atoms with van der Waals surface area (Å²) in [4.78, 5) is 16.1. The van der Waals surface area contributed by atoms with Gasteiger partial charge in [0, 0.05) is 10.9 Å². The number of halogens is 2. The van der Waals surface area contributed by atoms with Crippen LogP contribution >= 0.6 is 23.2 Å². The number of anilines is 1. The van der Waals surface area contributed by atoms with Crippen molar-refractivity contribution >= 4 is 34.8 Å². The Morgan fingerprint density at radius 3 is 2.74 bits per heavy atom. The number of carbonyl (C=O) groups excluding carboxylic acids is 1. The molecule has 5 nitrogen and oxygen atoms in total. The number of rotatable bonds is 3. The van der Waals surface area contributed by atoms with Crippen molar-refractivity contribution in [1.82, 2.24) is 15.2 Å². The van der Waals surface area contributed by atoms with E-state index in [0.29, 0.717) is 21.6 Å². The molecule has 1 aromatic heterocycles. The van der Waals surface area contributed by atoms with Gasteiger partial charge in [-0.05, 0) is 18.2 Å². The highest BCUT2D eigenvalue weighted by atomic mass is 35.5. The fourth-order valence-corrected chi connectivity index (χ4v) is 1.74. The lowest BCUT2D eigenvalue weighted by Gasteiger charge is -2.05. The standard InChI is InChI=1S/C12H12Cl2N4O/c1-6(2)10-16-11(18-17-10)12(19)15-9-5-7(13)3-4-8(9)14/h3-6H,1-2H3,(H,15,19)(H,16,17,18). The number of aromatic amines is 1. The van der Waals surface area contributed by atoms with Gasteiger partial charge in [0.15, 0.2) is 0 Å². The second kappa shape index (κ2) is 5.59. The van der Waals surface area contributed by atoms with E-state index >= 15 is 0 Å². The first-order valence-electron chi connectivity index (χ1n) is 5.66. The lowest BCUT2D eigenvalue weighted by atomic mass is 10.2. The van der Waals surface area contributed by atoms with E-state index in [1.807, 2.05) is 13.8 Å². The SMILES string of the molecule is CC(C)c1nc(C(=O)Nc2cc(Cl)ccc2Cl)n[nH]1. The second-order valence-corrected chi connectivity index (χ2v) is 5.12. The van der Waals surface area contributed by atoms with Crippen molar-refractivity contribution in [2.75, 3.05) is 5.32 Å². The van der Waals surface area contributed by atoms with Crippen molar-refractivity contribution in [2.24, 2.45) is 0 Å². The van der Waals surface area contributed by atoms with Gasteiger partial charge in [-0.15, -0.1) is 5.10 Å². The Bertz CT molecular complexity index is 610. The third-order valence-corrected chi connectivity index (χ3v) is 2.99. The second-order valence-electron chi connectivity index (χ2n) is 4.28. The molecule has 0 aliphatic rings. The number of hydrogen-bond acceptors (Lipinski definition) is 3. The molecule has 100 valence electrons. The summed E-state index contributed by atoms with van der Waals surface area (Å²) < 4.78 is 0. The Morgan fingerprint density at radius 1 is 1.37 bits per heavy atom. The van der Waals surface area contributed by atoms with Crippen molar-refractivity contribution in [3.05, 3.63) is 39.9 Å². The molecule has 19 heavy (non-hydrogen) atoms. The molecule has 0 unspecified atom stereocenters. The molecule has 0 fully saturated rings. The van der Waals surface area contributed by atoms with E-state index in [9.17, 15) is 4.79 Å². The molecule has 2 aromatic rings. The van der Waals surface area contributed by atoms with Gasteiger partial charge in [0.1, 0.15) is 5.82 Å². The predicted octanol–water partition coefficient (Wildman–Crippen LogP) is 3.49. The van der Waals surface area contributed by atoms with Crippen LogP contribution in [-0.4, -0.2) is 21.1 Å². The van der Waals surface area contributed by atoms with E-state index in [1.165, 1.54) is 0 Å². The maximum atomic E-state index is 12.0. The molecular formula is C12H12Cl2N4O. The molecule has 0 saturated heterocycles. The lowest BCUT2D eigenvalue weighted by Crippen LogP contribution is -2.14. The molecule has 0 aliphatic heterocycles. The van der Waals surface area contributed by atoms with E-state index < -0.39 is 5.91 Å². The van der Waals surface area contributed by atoms with Crippen molar-refractivity contribution in [3.63, 3.8) is 0 Å². The molecule has 0 bridgehead atoms. The normalized spacial score (nSPS) is 10.8. The summed E-state index contributed by atoms with van der Waals surface area (Å²) in [6.45, 7) is 3.91. The van der Waals surface area contributed by atoms with Gasteiger partial charge in [-0.1, -0.05) is 37.0 Å². The molecule has 0 saturated carbocycles. The number of H-pyrrole nitrogens is 1. The van der Waals surface area contributed by atoms with Gasteiger partial charge >= 0.3 is 0 Å². The van der Waals surface area contributed by atoms with Crippen molar-refractivity contribution in [1.29, 1.82) is 0 Å². The Kier molecular flexibility index (Phi) is 4.07. The zero-order valence-electron chi connectivity index (χ0n) is 10.4. The minimum absolute atomic E-state index is 0.0692. The third kappa shape index (κ3) is 3.24. The van der Waals surface area contributed by atoms with Gasteiger partial charge in [-0.3, -0.25) is 9.89 Å². The quantitative estimate of drug-likeness (QED) is 0.911. The summed E-state index contributed by atoms with van der Waals surface area (Å²) in [6.07, 6.45) is 0. The fourth-order valence-electron chi connectivity index (χ4n) is 1.41. The summed E-state index contributed by atoms with van der Waals surface area (Å²) >= 11 is 11.8. The maximum absolute atomic E-state index is 12.0. The van der Waals surface area contributed by atoms with Crippen LogP contribution in [0.2, 0.25) is 10.0 Å². The minimum atomic E-state index is -0.438. The molecule has 0 radical (unpaired) electrons. The Hall–Kier alpha value is -1.59. The van der Waals surface area contributed by atoms with Crippen LogP contribution in [0.25, 0.3) is 0 Å². The van der Waals surface area contributed by atoms with E-state index in [0.717, 1.165) is 0 Å². The minimum Gasteiger partial charge on any atom is -0.318 e. The van der Waals surface area contributed by atoms with Crippen LogP contribution < -0.4 is 5.32 Å². The number of carbonyl (C=O) groups is 1. The highest BCUT2D eigenvalue weighted by molar-refractivity contribution is 6.35. The van der Waals surface area contributed by atoms with Crippen LogP contribution in [0.4, 0.5) is 5.69 Å². The fraction of sp³-hybridized carbons (Fsp3) is 0.250. The molecule has 7 heteroatoms. The van der Waals surface area contributed by atoms with Gasteiger partial charge in [-0.2, -0.15) is 0 Å². The molecule has 2 N–H and O–H groups in total. The molecule has 0 spiro atoms. The van der Waals surface area contributed by atoms with Crippen LogP contribution in [0.15, 0.2) is 18.2 Å². The number of hydrogen-bond donors (Lipinski definition) is 2. The van der Waals surface area contributed by atoms with Crippen molar-refractivity contribution in [3.8, 4) is 0 Å². The highest BCUT2D eigenvalue weighted by Gasteiger charge is 2.15.